The average molecular weight is 440 g/mol. The summed E-state index contributed by atoms with van der Waals surface area (Å²) in [6.45, 7) is 1.29. The lowest BCUT2D eigenvalue weighted by atomic mass is 9.94. The van der Waals surface area contributed by atoms with Gasteiger partial charge in [0.1, 0.15) is 6.04 Å². The van der Waals surface area contributed by atoms with E-state index in [0.29, 0.717) is 36.0 Å². The van der Waals surface area contributed by atoms with Crippen molar-refractivity contribution in [1.82, 2.24) is 4.90 Å². The maximum Gasteiger partial charge on any atom is 0.320 e. The Kier molecular flexibility index (Phi) is 6.28. The van der Waals surface area contributed by atoms with Crippen LogP contribution in [0.25, 0.3) is 21.5 Å². The smallest absolute Gasteiger partial charge is 0.320 e. The number of piperidine rings is 1. The number of likely N-dealkylation sites (tertiary alicyclic amines) is 1. The fourth-order valence-electron chi connectivity index (χ4n) is 4.69. The third-order valence-electron chi connectivity index (χ3n) is 6.32. The number of carboxylic acid groups (broad SMARTS) is 1. The molecule has 1 aliphatic rings. The number of aliphatic carboxylic acids is 1. The highest BCUT2D eigenvalue weighted by atomic mass is 16.5. The topological polar surface area (TPSA) is 77.5 Å². The molecule has 1 fully saturated rings. The molecule has 1 atom stereocenters. The Morgan fingerprint density at radius 2 is 1.41 bits per heavy atom. The van der Waals surface area contributed by atoms with Crippen molar-refractivity contribution in [2.24, 2.45) is 0 Å². The van der Waals surface area contributed by atoms with Gasteiger partial charge in [0.15, 0.2) is 23.0 Å². The maximum atomic E-state index is 11.9. The highest BCUT2D eigenvalue weighted by Crippen LogP contribution is 2.41. The first-order valence-corrected chi connectivity index (χ1v) is 10.7. The molecule has 3 aromatic rings. The minimum atomic E-state index is -0.763. The van der Waals surface area contributed by atoms with Crippen LogP contribution in [0.1, 0.15) is 24.8 Å². The molecular weight excluding hydrogens is 410 g/mol. The van der Waals surface area contributed by atoms with Gasteiger partial charge in [0.2, 0.25) is 0 Å². The van der Waals surface area contributed by atoms with E-state index in [2.05, 4.69) is 11.0 Å². The van der Waals surface area contributed by atoms with Crippen molar-refractivity contribution in [2.75, 3.05) is 35.0 Å². The summed E-state index contributed by atoms with van der Waals surface area (Å²) >= 11 is 0. The fourth-order valence-corrected chi connectivity index (χ4v) is 4.69. The van der Waals surface area contributed by atoms with E-state index in [4.69, 9.17) is 18.9 Å². The van der Waals surface area contributed by atoms with Gasteiger partial charge in [-0.1, -0.05) is 6.42 Å². The van der Waals surface area contributed by atoms with Gasteiger partial charge in [-0.2, -0.15) is 0 Å². The van der Waals surface area contributed by atoms with Crippen LogP contribution in [-0.2, 0) is 11.3 Å². The monoisotopic (exact) mass is 439 g/mol. The molecule has 0 amide bonds. The van der Waals surface area contributed by atoms with Crippen LogP contribution in [0.3, 0.4) is 0 Å². The highest BCUT2D eigenvalue weighted by Gasteiger charge is 2.29. The van der Waals surface area contributed by atoms with Crippen molar-refractivity contribution in [3.8, 4) is 23.0 Å². The van der Waals surface area contributed by atoms with Crippen molar-refractivity contribution in [1.29, 1.82) is 0 Å². The molecule has 1 aliphatic heterocycles. The molecule has 0 bridgehead atoms. The second kappa shape index (κ2) is 9.12. The highest BCUT2D eigenvalue weighted by molar-refractivity contribution is 6.11. The van der Waals surface area contributed by atoms with E-state index in [-0.39, 0.29) is 0 Å². The van der Waals surface area contributed by atoms with Crippen LogP contribution in [0.2, 0.25) is 0 Å². The molecule has 0 aromatic heterocycles. The third kappa shape index (κ3) is 3.88. The van der Waals surface area contributed by atoms with Gasteiger partial charge in [-0.3, -0.25) is 9.69 Å². The largest absolute Gasteiger partial charge is 0.493 e. The summed E-state index contributed by atoms with van der Waals surface area (Å²) in [5, 5.41) is 13.7. The zero-order chi connectivity index (χ0) is 22.8. The van der Waals surface area contributed by atoms with Crippen LogP contribution in [0.15, 0.2) is 30.3 Å². The van der Waals surface area contributed by atoms with Crippen LogP contribution in [0.5, 0.6) is 23.0 Å². The molecule has 7 nitrogen and oxygen atoms in total. The summed E-state index contributed by atoms with van der Waals surface area (Å²) < 4.78 is 22.2. The van der Waals surface area contributed by atoms with Gasteiger partial charge < -0.3 is 24.1 Å². The molecule has 0 saturated carbocycles. The van der Waals surface area contributed by atoms with E-state index < -0.39 is 12.0 Å². The van der Waals surface area contributed by atoms with Crippen molar-refractivity contribution >= 4 is 27.5 Å². The van der Waals surface area contributed by atoms with Crippen LogP contribution in [0.4, 0.5) is 0 Å². The number of carboxylic acids is 1. The number of ether oxygens (including phenoxy) is 4. The van der Waals surface area contributed by atoms with Crippen molar-refractivity contribution < 1.29 is 28.8 Å². The van der Waals surface area contributed by atoms with Gasteiger partial charge >= 0.3 is 5.97 Å². The Bertz CT molecular complexity index is 1160. The van der Waals surface area contributed by atoms with E-state index in [1.165, 1.54) is 0 Å². The lowest BCUT2D eigenvalue weighted by Gasteiger charge is -2.33. The molecule has 1 heterocycles. The number of rotatable bonds is 7. The fraction of sp³-hybridized carbons (Fsp3) is 0.400. The van der Waals surface area contributed by atoms with Gasteiger partial charge in [0.25, 0.3) is 0 Å². The molecule has 1 unspecified atom stereocenters. The number of fused-ring (bicyclic) bond motifs is 3. The van der Waals surface area contributed by atoms with E-state index in [9.17, 15) is 9.90 Å². The van der Waals surface area contributed by atoms with E-state index in [0.717, 1.165) is 46.5 Å². The average Bonchev–Trinajstić information content (AvgIpc) is 2.82. The standard InChI is InChI=1S/C25H29NO6/c1-29-21-10-15-9-16(14-26-8-6-5-7-20(26)25(27)28)18-12-23(31-3)24(32-4)13-19(18)17(15)11-22(21)30-2/h9-13,20H,5-8,14H2,1-4H3,(H,27,28). The maximum absolute atomic E-state index is 11.9. The Morgan fingerprint density at radius 1 is 0.844 bits per heavy atom. The number of hydrogen-bond donors (Lipinski definition) is 1. The first kappa shape index (κ1) is 22.0. The molecule has 7 heteroatoms. The summed E-state index contributed by atoms with van der Waals surface area (Å²) in [6, 6.07) is 9.50. The Hall–Kier alpha value is -3.19. The second-order valence-electron chi connectivity index (χ2n) is 8.04. The predicted octanol–water partition coefficient (Wildman–Crippen LogP) is 4.47. The predicted molar refractivity (Wildman–Crippen MR) is 123 cm³/mol. The summed E-state index contributed by atoms with van der Waals surface area (Å²) in [5.41, 5.74) is 1.04. The molecular formula is C25H29NO6. The Balaban J connectivity index is 1.96. The first-order valence-electron chi connectivity index (χ1n) is 10.7. The van der Waals surface area contributed by atoms with Gasteiger partial charge in [0.05, 0.1) is 28.4 Å². The molecule has 0 radical (unpaired) electrons. The summed E-state index contributed by atoms with van der Waals surface area (Å²) in [7, 11) is 6.46. The van der Waals surface area contributed by atoms with E-state index in [1.54, 1.807) is 28.4 Å². The van der Waals surface area contributed by atoms with Crippen molar-refractivity contribution in [3.63, 3.8) is 0 Å². The second-order valence-corrected chi connectivity index (χ2v) is 8.04. The molecule has 0 spiro atoms. The molecule has 170 valence electrons. The molecule has 1 N–H and O–H groups in total. The Labute approximate surface area is 187 Å². The lowest BCUT2D eigenvalue weighted by molar-refractivity contribution is -0.144. The molecule has 1 saturated heterocycles. The van der Waals surface area contributed by atoms with Crippen LogP contribution >= 0.6 is 0 Å². The van der Waals surface area contributed by atoms with Gasteiger partial charge in [-0.25, -0.2) is 0 Å². The van der Waals surface area contributed by atoms with Gasteiger partial charge in [-0.15, -0.1) is 0 Å². The lowest BCUT2D eigenvalue weighted by Crippen LogP contribution is -2.44. The minimum absolute atomic E-state index is 0.472. The number of methoxy groups -OCH3 is 4. The molecule has 3 aromatic carbocycles. The van der Waals surface area contributed by atoms with Crippen molar-refractivity contribution in [3.05, 3.63) is 35.9 Å². The SMILES string of the molecule is COc1cc2cc(CN3CCCCC3C(=O)O)c3cc(OC)c(OC)cc3c2cc1OC. The zero-order valence-corrected chi connectivity index (χ0v) is 18.9. The molecule has 0 aliphatic carbocycles. The number of benzene rings is 3. The molecule has 4 rings (SSSR count). The number of hydrogen-bond acceptors (Lipinski definition) is 6. The zero-order valence-electron chi connectivity index (χ0n) is 18.9. The van der Waals surface area contributed by atoms with Crippen LogP contribution in [0, 0.1) is 0 Å². The quantitative estimate of drug-likeness (QED) is 0.545. The Morgan fingerprint density at radius 3 is 2.00 bits per heavy atom. The molecule has 32 heavy (non-hydrogen) atoms. The first-order chi connectivity index (χ1) is 15.5. The number of nitrogens with zero attached hydrogens (tertiary/aromatic N) is 1. The van der Waals surface area contributed by atoms with Gasteiger partial charge in [0, 0.05) is 6.54 Å². The third-order valence-corrected chi connectivity index (χ3v) is 6.32. The summed E-state index contributed by atoms with van der Waals surface area (Å²) in [6.07, 6.45) is 2.61. The number of carbonyl (C=O) groups is 1. The van der Waals surface area contributed by atoms with Crippen LogP contribution < -0.4 is 18.9 Å². The van der Waals surface area contributed by atoms with E-state index in [1.807, 2.05) is 24.3 Å². The van der Waals surface area contributed by atoms with Crippen LogP contribution in [-0.4, -0.2) is 57.0 Å². The van der Waals surface area contributed by atoms with Crippen molar-refractivity contribution in [2.45, 2.75) is 31.8 Å². The summed E-state index contributed by atoms with van der Waals surface area (Å²) in [5.74, 6) is 1.79. The summed E-state index contributed by atoms with van der Waals surface area (Å²) in [4.78, 5) is 13.9. The van der Waals surface area contributed by atoms with Gasteiger partial charge in [-0.05, 0) is 76.8 Å². The minimum Gasteiger partial charge on any atom is -0.493 e. The normalized spacial score (nSPS) is 16.8. The van der Waals surface area contributed by atoms with E-state index >= 15 is 0 Å².